The molecule has 3 N–H and O–H groups in total. The molecule has 0 spiro atoms. The minimum atomic E-state index is -1.11. The summed E-state index contributed by atoms with van der Waals surface area (Å²) >= 11 is 0. The quantitative estimate of drug-likeness (QED) is 0.216. The zero-order chi connectivity index (χ0) is 24.5. The van der Waals surface area contributed by atoms with Crippen LogP contribution in [0.25, 0.3) is 11.3 Å². The fraction of sp³-hybridized carbons (Fsp3) is 0.261. The van der Waals surface area contributed by atoms with E-state index >= 15 is 0 Å². The van der Waals surface area contributed by atoms with Crippen molar-refractivity contribution >= 4 is 23.4 Å². The number of hydrogen-bond acceptors (Lipinski definition) is 9. The van der Waals surface area contributed by atoms with Crippen molar-refractivity contribution in [3.05, 3.63) is 69.5 Å². The topological polar surface area (TPSA) is 167 Å². The Bertz CT molecular complexity index is 1210. The van der Waals surface area contributed by atoms with Gasteiger partial charge in [-0.05, 0) is 31.0 Å². The second-order valence-corrected chi connectivity index (χ2v) is 7.33. The number of aryl methyl sites for hydroxylation is 1. The first kappa shape index (κ1) is 24.1. The third-order valence-electron chi connectivity index (χ3n) is 4.93. The molecule has 34 heavy (non-hydrogen) atoms. The summed E-state index contributed by atoms with van der Waals surface area (Å²) in [6.07, 6.45) is 3.32. The van der Waals surface area contributed by atoms with Gasteiger partial charge in [0, 0.05) is 24.7 Å². The van der Waals surface area contributed by atoms with Crippen molar-refractivity contribution in [2.45, 2.75) is 26.2 Å². The molecule has 0 radical (unpaired) electrons. The van der Waals surface area contributed by atoms with E-state index in [1.807, 2.05) is 13.0 Å². The minimum Gasteiger partial charge on any atom is -0.478 e. The molecule has 2 aromatic heterocycles. The van der Waals surface area contributed by atoms with E-state index in [9.17, 15) is 20.0 Å². The summed E-state index contributed by atoms with van der Waals surface area (Å²) in [4.78, 5) is 35.2. The second-order valence-electron chi connectivity index (χ2n) is 7.33. The summed E-state index contributed by atoms with van der Waals surface area (Å²) in [5, 5.41) is 35.8. The Morgan fingerprint density at radius 3 is 2.47 bits per heavy atom. The summed E-state index contributed by atoms with van der Waals surface area (Å²) in [6, 6.07) is 11.5. The van der Waals surface area contributed by atoms with Gasteiger partial charge in [0.05, 0.1) is 27.9 Å². The summed E-state index contributed by atoms with van der Waals surface area (Å²) < 4.78 is 0. The third-order valence-corrected chi connectivity index (χ3v) is 4.93. The zero-order valence-corrected chi connectivity index (χ0v) is 18.5. The summed E-state index contributed by atoms with van der Waals surface area (Å²) in [6.45, 7) is 2.83. The predicted molar refractivity (Wildman–Crippen MR) is 126 cm³/mol. The van der Waals surface area contributed by atoms with E-state index < -0.39 is 10.9 Å². The van der Waals surface area contributed by atoms with E-state index in [2.05, 4.69) is 25.6 Å². The molecule has 0 bridgehead atoms. The summed E-state index contributed by atoms with van der Waals surface area (Å²) in [7, 11) is 0. The molecular weight excluding hydrogens is 438 g/mol. The van der Waals surface area contributed by atoms with E-state index in [4.69, 9.17) is 5.26 Å². The number of aromatic carboxylic acids is 1. The van der Waals surface area contributed by atoms with Crippen molar-refractivity contribution in [1.82, 2.24) is 15.0 Å². The second kappa shape index (κ2) is 11.3. The SMILES string of the molecule is CCCCc1nc(NCCNc2ccc([N+](=O)[O-])cn2)nc(-c2ccc(C#N)cc2)c1C(=O)O. The fourth-order valence-electron chi connectivity index (χ4n) is 3.21. The summed E-state index contributed by atoms with van der Waals surface area (Å²) in [5.74, 6) is -0.340. The lowest BCUT2D eigenvalue weighted by Gasteiger charge is -2.14. The monoisotopic (exact) mass is 461 g/mol. The molecule has 0 saturated carbocycles. The number of hydrogen-bond donors (Lipinski definition) is 3. The number of pyridine rings is 1. The van der Waals surface area contributed by atoms with Crippen LogP contribution in [0.15, 0.2) is 42.6 Å². The number of nitriles is 1. The highest BCUT2D eigenvalue weighted by Gasteiger charge is 2.21. The molecule has 11 nitrogen and oxygen atoms in total. The smallest absolute Gasteiger partial charge is 0.339 e. The lowest BCUT2D eigenvalue weighted by Crippen LogP contribution is -2.18. The third kappa shape index (κ3) is 6.01. The molecule has 174 valence electrons. The van der Waals surface area contributed by atoms with Gasteiger partial charge in [0.25, 0.3) is 5.69 Å². The van der Waals surface area contributed by atoms with Crippen molar-refractivity contribution in [2.75, 3.05) is 23.7 Å². The molecule has 0 aliphatic heterocycles. The number of unbranched alkanes of at least 4 members (excludes halogenated alkanes) is 1. The van der Waals surface area contributed by atoms with Gasteiger partial charge >= 0.3 is 5.97 Å². The molecule has 0 atom stereocenters. The first-order valence-corrected chi connectivity index (χ1v) is 10.7. The van der Waals surface area contributed by atoms with E-state index in [-0.39, 0.29) is 22.9 Å². The van der Waals surface area contributed by atoms with Gasteiger partial charge in [0.2, 0.25) is 5.95 Å². The normalized spacial score (nSPS) is 10.4. The lowest BCUT2D eigenvalue weighted by atomic mass is 10.0. The minimum absolute atomic E-state index is 0.0527. The molecular formula is C23H23N7O4. The maximum Gasteiger partial charge on any atom is 0.339 e. The number of anilines is 2. The van der Waals surface area contributed by atoms with Crippen molar-refractivity contribution in [1.29, 1.82) is 5.26 Å². The molecule has 0 saturated heterocycles. The Morgan fingerprint density at radius 1 is 1.15 bits per heavy atom. The Balaban J connectivity index is 1.81. The molecule has 3 rings (SSSR count). The highest BCUT2D eigenvalue weighted by molar-refractivity contribution is 5.96. The van der Waals surface area contributed by atoms with Gasteiger partial charge in [0.1, 0.15) is 17.6 Å². The fourth-order valence-corrected chi connectivity index (χ4v) is 3.21. The summed E-state index contributed by atoms with van der Waals surface area (Å²) in [5.41, 5.74) is 1.72. The van der Waals surface area contributed by atoms with Crippen LogP contribution >= 0.6 is 0 Å². The Morgan fingerprint density at radius 2 is 1.88 bits per heavy atom. The van der Waals surface area contributed by atoms with Crippen LogP contribution in [0.4, 0.5) is 17.5 Å². The van der Waals surface area contributed by atoms with Crippen LogP contribution < -0.4 is 10.6 Å². The molecule has 0 aliphatic carbocycles. The number of nitrogens with one attached hydrogen (secondary N) is 2. The average Bonchev–Trinajstić information content (AvgIpc) is 2.85. The highest BCUT2D eigenvalue weighted by Crippen LogP contribution is 2.27. The Hall–Kier alpha value is -4.59. The maximum absolute atomic E-state index is 12.1. The van der Waals surface area contributed by atoms with Crippen molar-refractivity contribution in [2.24, 2.45) is 0 Å². The van der Waals surface area contributed by atoms with Crippen LogP contribution in [-0.2, 0) is 6.42 Å². The van der Waals surface area contributed by atoms with Gasteiger partial charge in [-0.3, -0.25) is 10.1 Å². The van der Waals surface area contributed by atoms with Crippen molar-refractivity contribution in [3.8, 4) is 17.3 Å². The van der Waals surface area contributed by atoms with Gasteiger partial charge in [-0.1, -0.05) is 25.5 Å². The molecule has 11 heteroatoms. The molecule has 2 heterocycles. The Kier molecular flexibility index (Phi) is 8.02. The lowest BCUT2D eigenvalue weighted by molar-refractivity contribution is -0.385. The van der Waals surface area contributed by atoms with E-state index in [0.717, 1.165) is 12.8 Å². The molecule has 0 amide bonds. The number of nitro groups is 1. The van der Waals surface area contributed by atoms with Gasteiger partial charge in [-0.15, -0.1) is 0 Å². The standard InChI is InChI=1S/C23H23N7O4/c1-2-3-4-18-20(22(31)32)21(16-7-5-15(13-24)6-8-16)29-23(28-18)26-12-11-25-19-10-9-17(14-27-19)30(33)34/h5-10,14H,2-4,11-12H2,1H3,(H,25,27)(H,31,32)(H,26,28,29). The van der Waals surface area contributed by atoms with E-state index in [0.29, 0.717) is 42.1 Å². The van der Waals surface area contributed by atoms with Gasteiger partial charge < -0.3 is 15.7 Å². The Labute approximate surface area is 195 Å². The van der Waals surface area contributed by atoms with Gasteiger partial charge in [-0.25, -0.2) is 19.7 Å². The molecule has 0 aliphatic rings. The van der Waals surface area contributed by atoms with Crippen LogP contribution in [0.3, 0.4) is 0 Å². The molecule has 1 aromatic carbocycles. The largest absolute Gasteiger partial charge is 0.478 e. The van der Waals surface area contributed by atoms with Crippen molar-refractivity contribution < 1.29 is 14.8 Å². The van der Waals surface area contributed by atoms with Crippen LogP contribution in [-0.4, -0.2) is 44.0 Å². The number of nitrogens with zero attached hydrogens (tertiary/aromatic N) is 5. The molecule has 3 aromatic rings. The maximum atomic E-state index is 12.1. The number of benzene rings is 1. The highest BCUT2D eigenvalue weighted by atomic mass is 16.6. The van der Waals surface area contributed by atoms with Crippen LogP contribution in [0.1, 0.15) is 41.4 Å². The molecule has 0 fully saturated rings. The molecule has 0 unspecified atom stereocenters. The average molecular weight is 461 g/mol. The first-order chi connectivity index (χ1) is 16.4. The van der Waals surface area contributed by atoms with Gasteiger partial charge in [-0.2, -0.15) is 5.26 Å². The van der Waals surface area contributed by atoms with E-state index in [1.54, 1.807) is 24.3 Å². The number of carboxylic acids is 1. The van der Waals surface area contributed by atoms with Crippen LogP contribution in [0.2, 0.25) is 0 Å². The van der Waals surface area contributed by atoms with Crippen molar-refractivity contribution in [3.63, 3.8) is 0 Å². The number of carboxylic acid groups (broad SMARTS) is 1. The zero-order valence-electron chi connectivity index (χ0n) is 18.5. The van der Waals surface area contributed by atoms with E-state index in [1.165, 1.54) is 18.3 Å². The van der Waals surface area contributed by atoms with Crippen LogP contribution in [0, 0.1) is 21.4 Å². The van der Waals surface area contributed by atoms with Gasteiger partial charge in [0.15, 0.2) is 0 Å². The van der Waals surface area contributed by atoms with Crippen LogP contribution in [0.5, 0.6) is 0 Å². The predicted octanol–water partition coefficient (Wildman–Crippen LogP) is 3.88. The number of aromatic nitrogens is 3. The first-order valence-electron chi connectivity index (χ1n) is 10.7. The number of rotatable bonds is 11. The number of carbonyl (C=O) groups is 1.